The van der Waals surface area contributed by atoms with Crippen LogP contribution in [0.5, 0.6) is 5.75 Å². The number of hydrogen-bond acceptors (Lipinski definition) is 3. The molecule has 0 bridgehead atoms. The first-order valence-corrected chi connectivity index (χ1v) is 4.60. The molecule has 5 heteroatoms. The zero-order chi connectivity index (χ0) is 11.5. The fourth-order valence-corrected chi connectivity index (χ4v) is 1.32. The number of H-pyrrole nitrogens is 1. The van der Waals surface area contributed by atoms with Crippen molar-refractivity contribution in [2.24, 2.45) is 0 Å². The van der Waals surface area contributed by atoms with Crippen LogP contribution in [0.1, 0.15) is 16.2 Å². The van der Waals surface area contributed by atoms with Crippen LogP contribution in [0.3, 0.4) is 0 Å². The summed E-state index contributed by atoms with van der Waals surface area (Å²) in [7, 11) is 1.43. The number of ketones is 1. The number of ether oxygens (including phenoxy) is 1. The van der Waals surface area contributed by atoms with Gasteiger partial charge in [-0.2, -0.15) is 0 Å². The number of imidazole rings is 1. The van der Waals surface area contributed by atoms with E-state index in [1.54, 1.807) is 0 Å². The fraction of sp³-hybridized carbons (Fsp3) is 0.0909. The third kappa shape index (κ3) is 1.79. The van der Waals surface area contributed by atoms with E-state index in [2.05, 4.69) is 9.97 Å². The lowest BCUT2D eigenvalue weighted by molar-refractivity contribution is 0.102. The Hall–Kier alpha value is -2.17. The van der Waals surface area contributed by atoms with E-state index in [1.807, 2.05) is 0 Å². The van der Waals surface area contributed by atoms with E-state index in [0.717, 1.165) is 6.07 Å². The van der Waals surface area contributed by atoms with Gasteiger partial charge in [-0.15, -0.1) is 0 Å². The molecule has 1 aromatic carbocycles. The lowest BCUT2D eigenvalue weighted by Crippen LogP contribution is -2.06. The Balaban J connectivity index is 2.38. The van der Waals surface area contributed by atoms with Crippen molar-refractivity contribution in [3.63, 3.8) is 0 Å². The van der Waals surface area contributed by atoms with Crippen molar-refractivity contribution in [2.45, 2.75) is 0 Å². The van der Waals surface area contributed by atoms with Crippen LogP contribution in [0.25, 0.3) is 0 Å². The molecule has 0 aliphatic heterocycles. The molecule has 82 valence electrons. The summed E-state index contributed by atoms with van der Waals surface area (Å²) in [6.07, 6.45) is 2.95. The third-order valence-electron chi connectivity index (χ3n) is 2.13. The lowest BCUT2D eigenvalue weighted by atomic mass is 10.1. The summed E-state index contributed by atoms with van der Waals surface area (Å²) in [5, 5.41) is 0. The topological polar surface area (TPSA) is 55.0 Å². The summed E-state index contributed by atoms with van der Waals surface area (Å²) in [6.45, 7) is 0. The van der Waals surface area contributed by atoms with Crippen LogP contribution in [-0.2, 0) is 0 Å². The normalized spacial score (nSPS) is 10.1. The second-order valence-corrected chi connectivity index (χ2v) is 3.11. The molecule has 1 N–H and O–H groups in total. The van der Waals surface area contributed by atoms with Gasteiger partial charge in [-0.25, -0.2) is 9.37 Å². The van der Waals surface area contributed by atoms with Gasteiger partial charge in [0.25, 0.3) is 0 Å². The first-order valence-electron chi connectivity index (χ1n) is 4.60. The largest absolute Gasteiger partial charge is 0.497 e. The summed E-state index contributed by atoms with van der Waals surface area (Å²) < 4.78 is 18.4. The molecule has 4 nitrogen and oxygen atoms in total. The Morgan fingerprint density at radius 2 is 2.31 bits per heavy atom. The molecule has 0 fully saturated rings. The standard InChI is InChI=1S/C11H9FN2O2/c1-16-7-2-3-8(9(12)6-7)10(15)11-13-4-5-14-11/h2-6H,1H3,(H,13,14). The number of aromatic nitrogens is 2. The molecule has 0 saturated heterocycles. The molecule has 1 heterocycles. The Kier molecular flexibility index (Phi) is 2.68. The molecule has 0 radical (unpaired) electrons. The molecule has 0 spiro atoms. The van der Waals surface area contributed by atoms with E-state index in [-0.39, 0.29) is 11.4 Å². The maximum atomic E-state index is 13.5. The summed E-state index contributed by atoms with van der Waals surface area (Å²) in [5.74, 6) is -0.622. The summed E-state index contributed by atoms with van der Waals surface area (Å²) in [6, 6.07) is 4.06. The predicted molar refractivity (Wildman–Crippen MR) is 55.0 cm³/mol. The number of carbonyl (C=O) groups is 1. The van der Waals surface area contributed by atoms with E-state index in [9.17, 15) is 9.18 Å². The zero-order valence-corrected chi connectivity index (χ0v) is 8.53. The molecule has 0 aliphatic carbocycles. The molecule has 2 aromatic rings. The van der Waals surface area contributed by atoms with Gasteiger partial charge >= 0.3 is 0 Å². The van der Waals surface area contributed by atoms with Gasteiger partial charge in [0.1, 0.15) is 11.6 Å². The number of aromatic amines is 1. The predicted octanol–water partition coefficient (Wildman–Crippen LogP) is 1.79. The summed E-state index contributed by atoms with van der Waals surface area (Å²) >= 11 is 0. The highest BCUT2D eigenvalue weighted by Crippen LogP contribution is 2.17. The highest BCUT2D eigenvalue weighted by atomic mass is 19.1. The SMILES string of the molecule is COc1ccc(C(=O)c2ncc[nH]2)c(F)c1. The molecular formula is C11H9FN2O2. The molecule has 0 aliphatic rings. The van der Waals surface area contributed by atoms with Crippen molar-refractivity contribution in [2.75, 3.05) is 7.11 Å². The van der Waals surface area contributed by atoms with Crippen molar-refractivity contribution in [1.29, 1.82) is 0 Å². The van der Waals surface area contributed by atoms with Crippen LogP contribution in [0.15, 0.2) is 30.6 Å². The van der Waals surface area contributed by atoms with Crippen LogP contribution in [-0.4, -0.2) is 22.9 Å². The average molecular weight is 220 g/mol. The van der Waals surface area contributed by atoms with Crippen molar-refractivity contribution in [3.05, 3.63) is 47.8 Å². The summed E-state index contributed by atoms with van der Waals surface area (Å²) in [4.78, 5) is 18.2. The summed E-state index contributed by atoms with van der Waals surface area (Å²) in [5.41, 5.74) is -0.0317. The Bertz CT molecular complexity index is 509. The van der Waals surface area contributed by atoms with Gasteiger partial charge in [-0.3, -0.25) is 4.79 Å². The zero-order valence-electron chi connectivity index (χ0n) is 8.53. The first-order chi connectivity index (χ1) is 7.72. The number of nitrogens with zero attached hydrogens (tertiary/aromatic N) is 1. The average Bonchev–Trinajstić information content (AvgIpc) is 2.81. The lowest BCUT2D eigenvalue weighted by Gasteiger charge is -2.03. The smallest absolute Gasteiger partial charge is 0.231 e. The molecule has 0 amide bonds. The number of methoxy groups -OCH3 is 1. The van der Waals surface area contributed by atoms with Crippen molar-refractivity contribution < 1.29 is 13.9 Å². The van der Waals surface area contributed by atoms with Crippen LogP contribution in [0.4, 0.5) is 4.39 Å². The van der Waals surface area contributed by atoms with E-state index < -0.39 is 11.6 Å². The van der Waals surface area contributed by atoms with Gasteiger partial charge in [-0.05, 0) is 12.1 Å². The van der Waals surface area contributed by atoms with Crippen molar-refractivity contribution in [1.82, 2.24) is 9.97 Å². The minimum atomic E-state index is -0.624. The molecule has 1 aromatic heterocycles. The Labute approximate surface area is 91.1 Å². The van der Waals surface area contributed by atoms with Crippen LogP contribution < -0.4 is 4.74 Å². The number of carbonyl (C=O) groups excluding carboxylic acids is 1. The molecule has 0 atom stereocenters. The van der Waals surface area contributed by atoms with Gasteiger partial charge in [0, 0.05) is 18.5 Å². The van der Waals surface area contributed by atoms with E-state index in [1.165, 1.54) is 31.6 Å². The van der Waals surface area contributed by atoms with Crippen molar-refractivity contribution >= 4 is 5.78 Å². The highest BCUT2D eigenvalue weighted by Gasteiger charge is 2.16. The van der Waals surface area contributed by atoms with Gasteiger partial charge in [0.15, 0.2) is 5.82 Å². The van der Waals surface area contributed by atoms with Gasteiger partial charge in [0.2, 0.25) is 5.78 Å². The molecule has 0 saturated carbocycles. The van der Waals surface area contributed by atoms with E-state index >= 15 is 0 Å². The van der Waals surface area contributed by atoms with Crippen LogP contribution >= 0.6 is 0 Å². The Morgan fingerprint density at radius 3 is 2.88 bits per heavy atom. The van der Waals surface area contributed by atoms with Crippen molar-refractivity contribution in [3.8, 4) is 5.75 Å². The molecule has 0 unspecified atom stereocenters. The molecule has 2 rings (SSSR count). The second kappa shape index (κ2) is 4.14. The maximum absolute atomic E-state index is 13.5. The number of hydrogen-bond donors (Lipinski definition) is 1. The molecule has 16 heavy (non-hydrogen) atoms. The van der Waals surface area contributed by atoms with E-state index in [4.69, 9.17) is 4.74 Å². The minimum absolute atomic E-state index is 0.0317. The van der Waals surface area contributed by atoms with Gasteiger partial charge in [0.05, 0.1) is 12.7 Å². The van der Waals surface area contributed by atoms with Gasteiger partial charge in [-0.1, -0.05) is 0 Å². The second-order valence-electron chi connectivity index (χ2n) is 3.11. The first kappa shape index (κ1) is 10.4. The number of benzene rings is 1. The Morgan fingerprint density at radius 1 is 1.50 bits per heavy atom. The maximum Gasteiger partial charge on any atom is 0.231 e. The number of nitrogens with one attached hydrogen (secondary N) is 1. The van der Waals surface area contributed by atoms with Gasteiger partial charge < -0.3 is 9.72 Å². The quantitative estimate of drug-likeness (QED) is 0.802. The number of rotatable bonds is 3. The molecular weight excluding hydrogens is 211 g/mol. The highest BCUT2D eigenvalue weighted by molar-refractivity contribution is 6.06. The third-order valence-corrected chi connectivity index (χ3v) is 2.13. The van der Waals surface area contributed by atoms with E-state index in [0.29, 0.717) is 5.75 Å². The monoisotopic (exact) mass is 220 g/mol. The van der Waals surface area contributed by atoms with Crippen LogP contribution in [0, 0.1) is 5.82 Å². The van der Waals surface area contributed by atoms with Crippen LogP contribution in [0.2, 0.25) is 0 Å². The fourth-order valence-electron chi connectivity index (χ4n) is 1.32. The number of halogens is 1. The minimum Gasteiger partial charge on any atom is -0.497 e.